The van der Waals surface area contributed by atoms with Gasteiger partial charge in [0.2, 0.25) is 5.91 Å². The highest BCUT2D eigenvalue weighted by Crippen LogP contribution is 2.20. The SMILES string of the molecule is COc1cccc(NC(=O)[C@@H](NCCN2CCOCC2)c2ccccc2)c1. The molecule has 2 aromatic rings. The molecule has 1 saturated heterocycles. The number of methoxy groups -OCH3 is 1. The van der Waals surface area contributed by atoms with E-state index in [9.17, 15) is 4.79 Å². The van der Waals surface area contributed by atoms with Crippen molar-refractivity contribution in [3.63, 3.8) is 0 Å². The van der Waals surface area contributed by atoms with Gasteiger partial charge in [0.25, 0.3) is 0 Å². The van der Waals surface area contributed by atoms with Crippen molar-refractivity contribution < 1.29 is 14.3 Å². The normalized spacial score (nSPS) is 15.9. The Morgan fingerprint density at radius 1 is 1.15 bits per heavy atom. The van der Waals surface area contributed by atoms with Crippen LogP contribution in [-0.4, -0.2) is 57.3 Å². The molecule has 0 radical (unpaired) electrons. The second-order valence-electron chi connectivity index (χ2n) is 6.47. The summed E-state index contributed by atoms with van der Waals surface area (Å²) in [6.07, 6.45) is 0. The number of morpholine rings is 1. The summed E-state index contributed by atoms with van der Waals surface area (Å²) >= 11 is 0. The number of rotatable bonds is 8. The topological polar surface area (TPSA) is 62.8 Å². The molecule has 0 spiro atoms. The van der Waals surface area contributed by atoms with Crippen LogP contribution in [0.15, 0.2) is 54.6 Å². The van der Waals surface area contributed by atoms with Crippen molar-refractivity contribution in [1.82, 2.24) is 10.2 Å². The van der Waals surface area contributed by atoms with Gasteiger partial charge in [0.05, 0.1) is 20.3 Å². The molecule has 1 amide bonds. The lowest BCUT2D eigenvalue weighted by Crippen LogP contribution is -2.42. The minimum Gasteiger partial charge on any atom is -0.497 e. The molecule has 2 aromatic carbocycles. The Balaban J connectivity index is 1.64. The smallest absolute Gasteiger partial charge is 0.246 e. The van der Waals surface area contributed by atoms with E-state index in [0.717, 1.165) is 50.6 Å². The maximum absolute atomic E-state index is 12.9. The quantitative estimate of drug-likeness (QED) is 0.748. The van der Waals surface area contributed by atoms with Crippen LogP contribution >= 0.6 is 0 Å². The Labute approximate surface area is 160 Å². The van der Waals surface area contributed by atoms with Crippen LogP contribution in [0.1, 0.15) is 11.6 Å². The number of carbonyl (C=O) groups excluding carboxylic acids is 1. The van der Waals surface area contributed by atoms with Crippen LogP contribution in [0.25, 0.3) is 0 Å². The van der Waals surface area contributed by atoms with Crippen LogP contribution in [0.4, 0.5) is 5.69 Å². The van der Waals surface area contributed by atoms with Crippen LogP contribution in [0.2, 0.25) is 0 Å². The van der Waals surface area contributed by atoms with Gasteiger partial charge in [0, 0.05) is 37.9 Å². The van der Waals surface area contributed by atoms with Crippen molar-refractivity contribution >= 4 is 11.6 Å². The maximum Gasteiger partial charge on any atom is 0.246 e. The highest BCUT2D eigenvalue weighted by molar-refractivity contribution is 5.95. The predicted octanol–water partition coefficient (Wildman–Crippen LogP) is 2.30. The van der Waals surface area contributed by atoms with E-state index in [4.69, 9.17) is 9.47 Å². The van der Waals surface area contributed by atoms with E-state index >= 15 is 0 Å². The Bertz CT molecular complexity index is 718. The average molecular weight is 369 g/mol. The van der Waals surface area contributed by atoms with Crippen LogP contribution < -0.4 is 15.4 Å². The minimum atomic E-state index is -0.418. The van der Waals surface area contributed by atoms with Gasteiger partial charge in [-0.1, -0.05) is 36.4 Å². The lowest BCUT2D eigenvalue weighted by Gasteiger charge is -2.27. The van der Waals surface area contributed by atoms with E-state index in [2.05, 4.69) is 15.5 Å². The third kappa shape index (κ3) is 5.79. The van der Waals surface area contributed by atoms with Crippen molar-refractivity contribution in [1.29, 1.82) is 0 Å². The van der Waals surface area contributed by atoms with Crippen molar-refractivity contribution in [2.24, 2.45) is 0 Å². The van der Waals surface area contributed by atoms with E-state index in [1.807, 2.05) is 54.6 Å². The fourth-order valence-corrected chi connectivity index (χ4v) is 3.11. The highest BCUT2D eigenvalue weighted by Gasteiger charge is 2.21. The van der Waals surface area contributed by atoms with Crippen molar-refractivity contribution in [2.45, 2.75) is 6.04 Å². The van der Waals surface area contributed by atoms with Gasteiger partial charge >= 0.3 is 0 Å². The second-order valence-corrected chi connectivity index (χ2v) is 6.47. The Kier molecular flexibility index (Phi) is 7.21. The second kappa shape index (κ2) is 10.1. The molecule has 27 heavy (non-hydrogen) atoms. The molecule has 0 saturated carbocycles. The highest BCUT2D eigenvalue weighted by atomic mass is 16.5. The summed E-state index contributed by atoms with van der Waals surface area (Å²) in [5, 5.41) is 6.39. The van der Waals surface area contributed by atoms with Gasteiger partial charge in [-0.15, -0.1) is 0 Å². The molecule has 1 atom stereocenters. The van der Waals surface area contributed by atoms with E-state index in [0.29, 0.717) is 5.75 Å². The zero-order valence-corrected chi connectivity index (χ0v) is 15.7. The minimum absolute atomic E-state index is 0.0866. The number of nitrogens with one attached hydrogen (secondary N) is 2. The van der Waals surface area contributed by atoms with Crippen molar-refractivity contribution in [3.05, 3.63) is 60.2 Å². The third-order valence-corrected chi connectivity index (χ3v) is 4.61. The molecular weight excluding hydrogens is 342 g/mol. The first-order valence-electron chi connectivity index (χ1n) is 9.29. The number of ether oxygens (including phenoxy) is 2. The van der Waals surface area contributed by atoms with Gasteiger partial charge in [-0.3, -0.25) is 9.69 Å². The van der Waals surface area contributed by atoms with E-state index in [1.54, 1.807) is 7.11 Å². The maximum atomic E-state index is 12.9. The summed E-state index contributed by atoms with van der Waals surface area (Å²) in [7, 11) is 1.61. The first-order chi connectivity index (χ1) is 13.3. The predicted molar refractivity (Wildman–Crippen MR) is 106 cm³/mol. The first-order valence-corrected chi connectivity index (χ1v) is 9.29. The van der Waals surface area contributed by atoms with Crippen molar-refractivity contribution in [2.75, 3.05) is 51.8 Å². The molecule has 0 aliphatic carbocycles. The van der Waals surface area contributed by atoms with E-state index in [1.165, 1.54) is 0 Å². The number of anilines is 1. The Morgan fingerprint density at radius 3 is 2.67 bits per heavy atom. The molecule has 6 heteroatoms. The summed E-state index contributed by atoms with van der Waals surface area (Å²) in [5.41, 5.74) is 1.66. The van der Waals surface area contributed by atoms with Gasteiger partial charge in [-0.2, -0.15) is 0 Å². The first kappa shape index (κ1) is 19.4. The molecule has 1 fully saturated rings. The number of carbonyl (C=O) groups is 1. The van der Waals surface area contributed by atoms with E-state index < -0.39 is 6.04 Å². The van der Waals surface area contributed by atoms with Crippen LogP contribution in [0.5, 0.6) is 5.75 Å². The van der Waals surface area contributed by atoms with Gasteiger partial charge in [-0.05, 0) is 17.7 Å². The zero-order chi connectivity index (χ0) is 18.9. The van der Waals surface area contributed by atoms with Crippen LogP contribution in [0.3, 0.4) is 0 Å². The molecule has 144 valence electrons. The third-order valence-electron chi connectivity index (χ3n) is 4.61. The van der Waals surface area contributed by atoms with Gasteiger partial charge in [0.1, 0.15) is 11.8 Å². The zero-order valence-electron chi connectivity index (χ0n) is 15.7. The summed E-state index contributed by atoms with van der Waals surface area (Å²) < 4.78 is 10.6. The molecular formula is C21H27N3O3. The van der Waals surface area contributed by atoms with Crippen molar-refractivity contribution in [3.8, 4) is 5.75 Å². The number of hydrogen-bond donors (Lipinski definition) is 2. The average Bonchev–Trinajstić information content (AvgIpc) is 2.72. The molecule has 1 aliphatic rings. The summed E-state index contributed by atoms with van der Waals surface area (Å²) in [6.45, 7) is 5.04. The molecule has 1 heterocycles. The fourth-order valence-electron chi connectivity index (χ4n) is 3.11. The number of benzene rings is 2. The van der Waals surface area contributed by atoms with Gasteiger partial charge in [-0.25, -0.2) is 0 Å². The fraction of sp³-hybridized carbons (Fsp3) is 0.381. The number of hydrogen-bond acceptors (Lipinski definition) is 5. The van der Waals surface area contributed by atoms with Crippen LogP contribution in [0, 0.1) is 0 Å². The van der Waals surface area contributed by atoms with Crippen LogP contribution in [-0.2, 0) is 9.53 Å². The lowest BCUT2D eigenvalue weighted by molar-refractivity contribution is -0.118. The summed E-state index contributed by atoms with van der Waals surface area (Å²) in [5.74, 6) is 0.626. The molecule has 2 N–H and O–H groups in total. The standard InChI is InChI=1S/C21H27N3O3/c1-26-19-9-5-8-18(16-19)23-21(25)20(17-6-3-2-4-7-17)22-10-11-24-12-14-27-15-13-24/h2-9,16,20,22H,10-15H2,1H3,(H,23,25)/t20-/m0/s1. The molecule has 0 unspecified atom stereocenters. The largest absolute Gasteiger partial charge is 0.497 e. The molecule has 6 nitrogen and oxygen atoms in total. The summed E-state index contributed by atoms with van der Waals surface area (Å²) in [6, 6.07) is 16.8. The Morgan fingerprint density at radius 2 is 1.93 bits per heavy atom. The molecule has 0 aromatic heterocycles. The molecule has 0 bridgehead atoms. The molecule has 3 rings (SSSR count). The monoisotopic (exact) mass is 369 g/mol. The summed E-state index contributed by atoms with van der Waals surface area (Å²) in [4.78, 5) is 15.3. The van der Waals surface area contributed by atoms with Gasteiger partial charge in [0.15, 0.2) is 0 Å². The molecule has 1 aliphatic heterocycles. The number of nitrogens with zero attached hydrogens (tertiary/aromatic N) is 1. The lowest BCUT2D eigenvalue weighted by atomic mass is 10.1. The van der Waals surface area contributed by atoms with E-state index in [-0.39, 0.29) is 5.91 Å². The Hall–Kier alpha value is -2.41. The van der Waals surface area contributed by atoms with Gasteiger partial charge < -0.3 is 20.1 Å². The number of amides is 1.